The molecule has 0 aliphatic rings. The lowest BCUT2D eigenvalue weighted by Gasteiger charge is -2.25. The summed E-state index contributed by atoms with van der Waals surface area (Å²) >= 11 is 0. The third-order valence-electron chi connectivity index (χ3n) is 2.76. The van der Waals surface area contributed by atoms with Gasteiger partial charge < -0.3 is 10.2 Å². The monoisotopic (exact) mass is 248 g/mol. The van der Waals surface area contributed by atoms with E-state index in [1.807, 2.05) is 36.9 Å². The fourth-order valence-corrected chi connectivity index (χ4v) is 1.86. The predicted octanol–water partition coefficient (Wildman–Crippen LogP) is 1.77. The Morgan fingerprint density at radius 3 is 2.72 bits per heavy atom. The van der Waals surface area contributed by atoms with Gasteiger partial charge in [0.1, 0.15) is 0 Å². The molecule has 0 saturated carbocycles. The molecule has 1 aromatic carbocycles. The Kier molecular flexibility index (Phi) is 5.36. The van der Waals surface area contributed by atoms with Crippen molar-refractivity contribution in [3.63, 3.8) is 0 Å². The van der Waals surface area contributed by atoms with E-state index in [0.29, 0.717) is 5.56 Å². The van der Waals surface area contributed by atoms with Crippen molar-refractivity contribution < 1.29 is 9.59 Å². The molecule has 18 heavy (non-hydrogen) atoms. The lowest BCUT2D eigenvalue weighted by Crippen LogP contribution is -2.36. The van der Waals surface area contributed by atoms with Gasteiger partial charge in [0.2, 0.25) is 5.91 Å². The van der Waals surface area contributed by atoms with Crippen LogP contribution in [0.4, 0.5) is 5.69 Å². The van der Waals surface area contributed by atoms with Gasteiger partial charge in [-0.2, -0.15) is 0 Å². The zero-order valence-corrected chi connectivity index (χ0v) is 11.2. The van der Waals surface area contributed by atoms with E-state index < -0.39 is 0 Å². The average molecular weight is 248 g/mol. The number of carbonyl (C=O) groups is 2. The largest absolute Gasteiger partial charge is 0.362 e. The molecule has 0 unspecified atom stereocenters. The second-order valence-electron chi connectivity index (χ2n) is 4.27. The minimum absolute atomic E-state index is 0.0547. The van der Waals surface area contributed by atoms with Crippen LogP contribution in [0.1, 0.15) is 29.3 Å². The van der Waals surface area contributed by atoms with Gasteiger partial charge in [-0.3, -0.25) is 9.59 Å². The molecule has 1 amide bonds. The number of rotatable bonds is 6. The standard InChI is InChI=1S/C14H20N2O2/c1-4-7-16(9-14(18)15-3)13-6-5-11(2)8-12(13)10-17/h5-6,8,10H,4,7,9H2,1-3H3,(H,15,18). The first-order valence-corrected chi connectivity index (χ1v) is 6.13. The average Bonchev–Trinajstić information content (AvgIpc) is 2.37. The van der Waals surface area contributed by atoms with Crippen molar-refractivity contribution in [1.82, 2.24) is 5.32 Å². The first kappa shape index (κ1) is 14.2. The van der Waals surface area contributed by atoms with Crippen molar-refractivity contribution in [1.29, 1.82) is 0 Å². The van der Waals surface area contributed by atoms with Crippen LogP contribution >= 0.6 is 0 Å². The smallest absolute Gasteiger partial charge is 0.239 e. The van der Waals surface area contributed by atoms with Crippen molar-refractivity contribution in [2.24, 2.45) is 0 Å². The van der Waals surface area contributed by atoms with Gasteiger partial charge in [0.05, 0.1) is 6.54 Å². The van der Waals surface area contributed by atoms with Crippen LogP contribution in [0.15, 0.2) is 18.2 Å². The van der Waals surface area contributed by atoms with E-state index in [1.165, 1.54) is 0 Å². The van der Waals surface area contributed by atoms with Gasteiger partial charge in [0.15, 0.2) is 6.29 Å². The first-order chi connectivity index (χ1) is 8.62. The number of anilines is 1. The molecule has 0 bridgehead atoms. The number of aryl methyl sites for hydroxylation is 1. The molecule has 0 radical (unpaired) electrons. The normalized spacial score (nSPS) is 9.94. The van der Waals surface area contributed by atoms with Gasteiger partial charge in [-0.05, 0) is 25.5 Å². The molecule has 98 valence electrons. The molecule has 1 rings (SSSR count). The third kappa shape index (κ3) is 3.58. The highest BCUT2D eigenvalue weighted by atomic mass is 16.2. The summed E-state index contributed by atoms with van der Waals surface area (Å²) in [7, 11) is 1.61. The van der Waals surface area contributed by atoms with Crippen molar-refractivity contribution in [2.75, 3.05) is 25.0 Å². The van der Waals surface area contributed by atoms with Crippen molar-refractivity contribution >= 4 is 17.9 Å². The molecule has 1 aromatic rings. The molecular formula is C14H20N2O2. The van der Waals surface area contributed by atoms with Crippen LogP contribution in [0.25, 0.3) is 0 Å². The maximum Gasteiger partial charge on any atom is 0.239 e. The number of aldehydes is 1. The lowest BCUT2D eigenvalue weighted by molar-refractivity contribution is -0.119. The number of amides is 1. The number of nitrogens with one attached hydrogen (secondary N) is 1. The van der Waals surface area contributed by atoms with Crippen LogP contribution in [-0.2, 0) is 4.79 Å². The number of nitrogens with zero attached hydrogens (tertiary/aromatic N) is 1. The predicted molar refractivity (Wildman–Crippen MR) is 73.1 cm³/mol. The summed E-state index contributed by atoms with van der Waals surface area (Å²) in [6.45, 7) is 5.01. The topological polar surface area (TPSA) is 49.4 Å². The summed E-state index contributed by atoms with van der Waals surface area (Å²) < 4.78 is 0. The fourth-order valence-electron chi connectivity index (χ4n) is 1.86. The molecule has 0 aliphatic heterocycles. The summed E-state index contributed by atoms with van der Waals surface area (Å²) in [5, 5.41) is 2.60. The Morgan fingerprint density at radius 1 is 1.44 bits per heavy atom. The van der Waals surface area contributed by atoms with E-state index >= 15 is 0 Å². The van der Waals surface area contributed by atoms with E-state index in [2.05, 4.69) is 5.32 Å². The second-order valence-corrected chi connectivity index (χ2v) is 4.27. The van der Waals surface area contributed by atoms with Crippen LogP contribution in [0.3, 0.4) is 0 Å². The minimum atomic E-state index is -0.0547. The van der Waals surface area contributed by atoms with Crippen LogP contribution in [0, 0.1) is 6.92 Å². The molecule has 1 N–H and O–H groups in total. The SMILES string of the molecule is CCCN(CC(=O)NC)c1ccc(C)cc1C=O. The number of benzene rings is 1. The zero-order chi connectivity index (χ0) is 13.5. The van der Waals surface area contributed by atoms with Crippen LogP contribution in [0.5, 0.6) is 0 Å². The van der Waals surface area contributed by atoms with Gasteiger partial charge >= 0.3 is 0 Å². The lowest BCUT2D eigenvalue weighted by atomic mass is 10.1. The Morgan fingerprint density at radius 2 is 2.17 bits per heavy atom. The molecule has 0 heterocycles. The van der Waals surface area contributed by atoms with E-state index in [1.54, 1.807) is 7.05 Å². The summed E-state index contributed by atoms with van der Waals surface area (Å²) in [6.07, 6.45) is 1.76. The maximum absolute atomic E-state index is 11.5. The highest BCUT2D eigenvalue weighted by molar-refractivity contribution is 5.88. The minimum Gasteiger partial charge on any atom is -0.362 e. The van der Waals surface area contributed by atoms with Crippen molar-refractivity contribution in [3.05, 3.63) is 29.3 Å². The number of likely N-dealkylation sites (N-methyl/N-ethyl adjacent to an activating group) is 1. The van der Waals surface area contributed by atoms with Crippen LogP contribution < -0.4 is 10.2 Å². The molecule has 0 fully saturated rings. The second kappa shape index (κ2) is 6.79. The molecule has 4 heteroatoms. The number of hydrogen-bond donors (Lipinski definition) is 1. The molecule has 0 spiro atoms. The third-order valence-corrected chi connectivity index (χ3v) is 2.76. The van der Waals surface area contributed by atoms with Gasteiger partial charge in [0, 0.05) is 24.8 Å². The van der Waals surface area contributed by atoms with Gasteiger partial charge in [0.25, 0.3) is 0 Å². The first-order valence-electron chi connectivity index (χ1n) is 6.13. The fraction of sp³-hybridized carbons (Fsp3) is 0.429. The van der Waals surface area contributed by atoms with Crippen molar-refractivity contribution in [2.45, 2.75) is 20.3 Å². The highest BCUT2D eigenvalue weighted by Crippen LogP contribution is 2.20. The van der Waals surface area contributed by atoms with Crippen molar-refractivity contribution in [3.8, 4) is 0 Å². The van der Waals surface area contributed by atoms with Gasteiger partial charge in [-0.1, -0.05) is 18.6 Å². The van der Waals surface area contributed by atoms with Gasteiger partial charge in [-0.25, -0.2) is 0 Å². The summed E-state index contributed by atoms with van der Waals surface area (Å²) in [6, 6.07) is 5.70. The van der Waals surface area contributed by atoms with Crippen LogP contribution in [0.2, 0.25) is 0 Å². The molecule has 0 aromatic heterocycles. The Labute approximate surface area is 108 Å². The number of hydrogen-bond acceptors (Lipinski definition) is 3. The van der Waals surface area contributed by atoms with E-state index in [-0.39, 0.29) is 12.5 Å². The Hall–Kier alpha value is -1.84. The summed E-state index contributed by atoms with van der Waals surface area (Å²) in [5.41, 5.74) is 2.49. The van der Waals surface area contributed by atoms with E-state index in [4.69, 9.17) is 0 Å². The summed E-state index contributed by atoms with van der Waals surface area (Å²) in [5.74, 6) is -0.0547. The molecular weight excluding hydrogens is 228 g/mol. The van der Waals surface area contributed by atoms with E-state index in [9.17, 15) is 9.59 Å². The Balaban J connectivity index is 3.04. The maximum atomic E-state index is 11.5. The molecule has 4 nitrogen and oxygen atoms in total. The number of carbonyl (C=O) groups excluding carboxylic acids is 2. The van der Waals surface area contributed by atoms with Gasteiger partial charge in [-0.15, -0.1) is 0 Å². The quantitative estimate of drug-likeness (QED) is 0.781. The molecule has 0 atom stereocenters. The molecule has 0 aliphatic carbocycles. The highest BCUT2D eigenvalue weighted by Gasteiger charge is 2.13. The zero-order valence-electron chi connectivity index (χ0n) is 11.2. The summed E-state index contributed by atoms with van der Waals surface area (Å²) in [4.78, 5) is 24.5. The van der Waals surface area contributed by atoms with Crippen LogP contribution in [-0.4, -0.2) is 32.3 Å². The Bertz CT molecular complexity index is 430. The molecule has 0 saturated heterocycles. The van der Waals surface area contributed by atoms with E-state index in [0.717, 1.165) is 30.5 Å².